The molecule has 25 heavy (non-hydrogen) atoms. The Hall–Kier alpha value is -2.16. The Labute approximate surface area is 143 Å². The lowest BCUT2D eigenvalue weighted by molar-refractivity contribution is 0.0966. The van der Waals surface area contributed by atoms with E-state index in [2.05, 4.69) is 0 Å². The molecule has 1 aromatic heterocycles. The van der Waals surface area contributed by atoms with Crippen LogP contribution in [0.5, 0.6) is 0 Å². The van der Waals surface area contributed by atoms with Gasteiger partial charge in [0, 0.05) is 4.88 Å². The molecule has 1 amide bonds. The highest BCUT2D eigenvalue weighted by Gasteiger charge is 2.26. The van der Waals surface area contributed by atoms with Crippen LogP contribution in [-0.2, 0) is 12.8 Å². The standard InChI is InChI=1S/C16H13F5N2OS/c17-10-11(18)13(20)15(14(21)12(10)19)22-23-16(24)9-6-7-4-2-1-3-5-8(7)25-9/h6,22H,1-5H2,(H,23,24). The number of halogens is 5. The summed E-state index contributed by atoms with van der Waals surface area (Å²) >= 11 is 1.26. The van der Waals surface area contributed by atoms with E-state index in [1.165, 1.54) is 11.3 Å². The first kappa shape index (κ1) is 17.7. The fourth-order valence-electron chi connectivity index (χ4n) is 2.67. The number of anilines is 1. The van der Waals surface area contributed by atoms with E-state index < -0.39 is 40.7 Å². The Bertz CT molecular complexity index is 784. The van der Waals surface area contributed by atoms with E-state index in [4.69, 9.17) is 0 Å². The van der Waals surface area contributed by atoms with Gasteiger partial charge in [0.25, 0.3) is 5.91 Å². The summed E-state index contributed by atoms with van der Waals surface area (Å²) in [5.74, 6) is -11.2. The van der Waals surface area contributed by atoms with Crippen LogP contribution in [0.25, 0.3) is 0 Å². The van der Waals surface area contributed by atoms with Crippen LogP contribution >= 0.6 is 11.3 Å². The fraction of sp³-hybridized carbons (Fsp3) is 0.312. The van der Waals surface area contributed by atoms with Crippen molar-refractivity contribution < 1.29 is 26.7 Å². The number of fused-ring (bicyclic) bond motifs is 1. The molecule has 0 atom stereocenters. The van der Waals surface area contributed by atoms with Crippen molar-refractivity contribution in [1.82, 2.24) is 5.43 Å². The molecule has 0 bridgehead atoms. The van der Waals surface area contributed by atoms with Gasteiger partial charge in [-0.25, -0.2) is 22.0 Å². The van der Waals surface area contributed by atoms with Crippen LogP contribution in [-0.4, -0.2) is 5.91 Å². The van der Waals surface area contributed by atoms with Crippen LogP contribution in [0.15, 0.2) is 6.07 Å². The van der Waals surface area contributed by atoms with E-state index in [0.717, 1.165) is 42.5 Å². The summed E-state index contributed by atoms with van der Waals surface area (Å²) in [4.78, 5) is 13.5. The monoisotopic (exact) mass is 376 g/mol. The summed E-state index contributed by atoms with van der Waals surface area (Å²) in [7, 11) is 0. The molecular formula is C16H13F5N2OS. The third-order valence-electron chi connectivity index (χ3n) is 3.98. The van der Waals surface area contributed by atoms with E-state index >= 15 is 0 Å². The maximum absolute atomic E-state index is 13.6. The molecule has 134 valence electrons. The van der Waals surface area contributed by atoms with Gasteiger partial charge in [-0.1, -0.05) is 6.42 Å². The van der Waals surface area contributed by atoms with Crippen LogP contribution in [0, 0.1) is 29.1 Å². The van der Waals surface area contributed by atoms with Crippen LogP contribution < -0.4 is 10.9 Å². The number of nitrogens with one attached hydrogen (secondary N) is 2. The lowest BCUT2D eigenvalue weighted by Crippen LogP contribution is -2.30. The molecule has 0 saturated heterocycles. The number of carbonyl (C=O) groups is 1. The van der Waals surface area contributed by atoms with Crippen LogP contribution in [0.2, 0.25) is 0 Å². The lowest BCUT2D eigenvalue weighted by Gasteiger charge is -2.11. The van der Waals surface area contributed by atoms with Gasteiger partial charge in [-0.15, -0.1) is 11.3 Å². The van der Waals surface area contributed by atoms with Gasteiger partial charge in [0.15, 0.2) is 23.3 Å². The smallest absolute Gasteiger partial charge is 0.279 e. The average Bonchev–Trinajstić information content (AvgIpc) is 2.89. The van der Waals surface area contributed by atoms with Crippen molar-refractivity contribution in [2.24, 2.45) is 0 Å². The average molecular weight is 376 g/mol. The second-order valence-electron chi connectivity index (χ2n) is 5.64. The fourth-order valence-corrected chi connectivity index (χ4v) is 3.82. The summed E-state index contributed by atoms with van der Waals surface area (Å²) in [5.41, 5.74) is 3.53. The van der Waals surface area contributed by atoms with E-state index in [0.29, 0.717) is 4.88 Å². The Morgan fingerprint density at radius 3 is 2.16 bits per heavy atom. The molecule has 3 rings (SSSR count). The second kappa shape index (κ2) is 6.99. The first-order chi connectivity index (χ1) is 11.9. The topological polar surface area (TPSA) is 41.1 Å². The molecule has 1 heterocycles. The van der Waals surface area contributed by atoms with Crippen molar-refractivity contribution in [3.63, 3.8) is 0 Å². The van der Waals surface area contributed by atoms with Crippen molar-refractivity contribution >= 4 is 22.9 Å². The number of thiophene rings is 1. The number of rotatable bonds is 3. The number of amides is 1. The third-order valence-corrected chi connectivity index (χ3v) is 5.22. The van der Waals surface area contributed by atoms with Gasteiger partial charge < -0.3 is 0 Å². The van der Waals surface area contributed by atoms with Crippen molar-refractivity contribution in [3.05, 3.63) is 50.5 Å². The highest BCUT2D eigenvalue weighted by atomic mass is 32.1. The summed E-state index contributed by atoms with van der Waals surface area (Å²) in [6.07, 6.45) is 4.87. The second-order valence-corrected chi connectivity index (χ2v) is 6.78. The van der Waals surface area contributed by atoms with Gasteiger partial charge in [-0.3, -0.25) is 15.6 Å². The maximum atomic E-state index is 13.6. The Morgan fingerprint density at radius 2 is 1.48 bits per heavy atom. The SMILES string of the molecule is O=C(NNc1c(F)c(F)c(F)c(F)c1F)c1cc2c(s1)CCCCC2. The molecule has 0 spiro atoms. The number of hydrazine groups is 1. The summed E-state index contributed by atoms with van der Waals surface area (Å²) in [5, 5.41) is 0. The van der Waals surface area contributed by atoms with Crippen molar-refractivity contribution in [1.29, 1.82) is 0 Å². The molecule has 0 radical (unpaired) electrons. The first-order valence-corrected chi connectivity index (χ1v) is 8.41. The quantitative estimate of drug-likeness (QED) is 0.273. The lowest BCUT2D eigenvalue weighted by atomic mass is 10.1. The number of hydrogen-bond donors (Lipinski definition) is 2. The minimum absolute atomic E-state index is 0.309. The third kappa shape index (κ3) is 3.33. The maximum Gasteiger partial charge on any atom is 0.279 e. The van der Waals surface area contributed by atoms with Crippen molar-refractivity contribution in [2.75, 3.05) is 5.43 Å². The molecule has 2 aromatic rings. The predicted molar refractivity (Wildman–Crippen MR) is 82.9 cm³/mol. The highest BCUT2D eigenvalue weighted by molar-refractivity contribution is 7.14. The molecule has 1 aliphatic carbocycles. The van der Waals surface area contributed by atoms with E-state index in [-0.39, 0.29) is 0 Å². The Kier molecular flexibility index (Phi) is 4.94. The number of aryl methyl sites for hydroxylation is 2. The summed E-state index contributed by atoms with van der Waals surface area (Å²) in [6, 6.07) is 1.70. The molecule has 0 saturated carbocycles. The minimum Gasteiger partial charge on any atom is -0.293 e. The van der Waals surface area contributed by atoms with Crippen molar-refractivity contribution in [2.45, 2.75) is 32.1 Å². The number of hydrogen-bond acceptors (Lipinski definition) is 3. The minimum atomic E-state index is -2.26. The molecule has 1 aromatic carbocycles. The van der Waals surface area contributed by atoms with Gasteiger partial charge in [0.1, 0.15) is 5.69 Å². The molecule has 3 nitrogen and oxygen atoms in total. The molecular weight excluding hydrogens is 363 g/mol. The molecule has 9 heteroatoms. The van der Waals surface area contributed by atoms with Gasteiger partial charge in [-0.05, 0) is 37.3 Å². The zero-order valence-corrected chi connectivity index (χ0v) is 13.6. The normalized spacial score (nSPS) is 14.0. The summed E-state index contributed by atoms with van der Waals surface area (Å²) < 4.78 is 66.4. The molecule has 0 unspecified atom stereocenters. The zero-order valence-electron chi connectivity index (χ0n) is 12.8. The van der Waals surface area contributed by atoms with E-state index in [9.17, 15) is 26.7 Å². The van der Waals surface area contributed by atoms with Gasteiger partial charge in [-0.2, -0.15) is 0 Å². The van der Waals surface area contributed by atoms with Gasteiger partial charge >= 0.3 is 0 Å². The number of benzene rings is 1. The zero-order chi connectivity index (χ0) is 18.1. The van der Waals surface area contributed by atoms with E-state index in [1.807, 2.05) is 5.43 Å². The van der Waals surface area contributed by atoms with Crippen LogP contribution in [0.4, 0.5) is 27.6 Å². The Morgan fingerprint density at radius 1 is 0.880 bits per heavy atom. The van der Waals surface area contributed by atoms with Gasteiger partial charge in [0.05, 0.1) is 4.88 Å². The highest BCUT2D eigenvalue weighted by Crippen LogP contribution is 2.29. The van der Waals surface area contributed by atoms with Gasteiger partial charge in [0.2, 0.25) is 5.82 Å². The first-order valence-electron chi connectivity index (χ1n) is 7.59. The van der Waals surface area contributed by atoms with E-state index in [1.54, 1.807) is 11.5 Å². The molecule has 0 fully saturated rings. The Balaban J connectivity index is 1.77. The summed E-state index contributed by atoms with van der Waals surface area (Å²) in [6.45, 7) is 0. The number of carbonyl (C=O) groups excluding carboxylic acids is 1. The van der Waals surface area contributed by atoms with Crippen LogP contribution in [0.3, 0.4) is 0 Å². The van der Waals surface area contributed by atoms with Crippen molar-refractivity contribution in [3.8, 4) is 0 Å². The predicted octanol–water partition coefficient (Wildman–Crippen LogP) is 4.47. The molecule has 0 aliphatic heterocycles. The van der Waals surface area contributed by atoms with Crippen LogP contribution in [0.1, 0.15) is 39.4 Å². The molecule has 1 aliphatic rings. The molecule has 2 N–H and O–H groups in total. The largest absolute Gasteiger partial charge is 0.293 e.